The third-order valence-corrected chi connectivity index (χ3v) is 5.48. The molecule has 3 rings (SSSR count). The van der Waals surface area contributed by atoms with Crippen molar-refractivity contribution in [3.63, 3.8) is 0 Å². The Hall–Kier alpha value is -2.86. The van der Waals surface area contributed by atoms with E-state index < -0.39 is 0 Å². The Labute approximate surface area is 171 Å². The van der Waals surface area contributed by atoms with Crippen molar-refractivity contribution in [1.82, 2.24) is 10.2 Å². The molecule has 1 fully saturated rings. The van der Waals surface area contributed by atoms with Gasteiger partial charge in [0.2, 0.25) is 5.91 Å². The van der Waals surface area contributed by atoms with Crippen molar-refractivity contribution in [3.05, 3.63) is 65.7 Å². The molecule has 154 valence electrons. The molecule has 0 aliphatic carbocycles. The van der Waals surface area contributed by atoms with Gasteiger partial charge in [-0.15, -0.1) is 0 Å². The standard InChI is InChI=1S/C23H28N2O4/c1-29-20-10-7-17(8-11-20)9-12-22(27)25-14-13-19(16-26)21(15-25)24-23(28)18-5-3-2-4-6-18/h2-8,10-11,19,21,26H,9,12-16H2,1H3,(H,24,28)/t19-,21-/m1/s1. The van der Waals surface area contributed by atoms with Crippen LogP contribution in [-0.4, -0.2) is 54.7 Å². The molecule has 2 N–H and O–H groups in total. The maximum atomic E-state index is 12.7. The molecule has 0 bridgehead atoms. The van der Waals surface area contributed by atoms with Gasteiger partial charge in [0.25, 0.3) is 5.91 Å². The van der Waals surface area contributed by atoms with Crippen molar-refractivity contribution in [2.24, 2.45) is 5.92 Å². The zero-order chi connectivity index (χ0) is 20.6. The first-order valence-corrected chi connectivity index (χ1v) is 9.98. The van der Waals surface area contributed by atoms with E-state index in [1.165, 1.54) is 0 Å². The van der Waals surface area contributed by atoms with Crippen LogP contribution in [0, 0.1) is 5.92 Å². The first-order valence-electron chi connectivity index (χ1n) is 9.98. The molecule has 2 aromatic rings. The number of aliphatic hydroxyl groups is 1. The van der Waals surface area contributed by atoms with E-state index in [9.17, 15) is 14.7 Å². The van der Waals surface area contributed by atoms with Crippen LogP contribution in [0.15, 0.2) is 54.6 Å². The van der Waals surface area contributed by atoms with E-state index in [0.29, 0.717) is 37.9 Å². The normalized spacial score (nSPS) is 18.9. The zero-order valence-electron chi connectivity index (χ0n) is 16.7. The van der Waals surface area contributed by atoms with E-state index in [2.05, 4.69) is 5.32 Å². The summed E-state index contributed by atoms with van der Waals surface area (Å²) in [6.45, 7) is 1.02. The number of nitrogens with one attached hydrogen (secondary N) is 1. The lowest BCUT2D eigenvalue weighted by molar-refractivity contribution is -0.133. The predicted octanol–water partition coefficient (Wildman–Crippen LogP) is 2.27. The van der Waals surface area contributed by atoms with Gasteiger partial charge in [-0.25, -0.2) is 0 Å². The first-order chi connectivity index (χ1) is 14.1. The molecule has 2 aromatic carbocycles. The third-order valence-electron chi connectivity index (χ3n) is 5.48. The highest BCUT2D eigenvalue weighted by Gasteiger charge is 2.32. The van der Waals surface area contributed by atoms with Gasteiger partial charge in [0.05, 0.1) is 13.2 Å². The largest absolute Gasteiger partial charge is 0.497 e. The van der Waals surface area contributed by atoms with Crippen LogP contribution >= 0.6 is 0 Å². The first kappa shape index (κ1) is 20.9. The molecule has 2 atom stereocenters. The van der Waals surface area contributed by atoms with Gasteiger partial charge in [-0.2, -0.15) is 0 Å². The minimum atomic E-state index is -0.258. The second kappa shape index (κ2) is 10.1. The van der Waals surface area contributed by atoms with Crippen molar-refractivity contribution in [3.8, 4) is 5.75 Å². The number of benzene rings is 2. The second-order valence-electron chi connectivity index (χ2n) is 7.37. The molecule has 2 amide bonds. The lowest BCUT2D eigenvalue weighted by Crippen LogP contribution is -2.55. The van der Waals surface area contributed by atoms with Crippen LogP contribution in [0.5, 0.6) is 5.75 Å². The summed E-state index contributed by atoms with van der Waals surface area (Å²) < 4.78 is 5.16. The third kappa shape index (κ3) is 5.57. The molecule has 0 unspecified atom stereocenters. The molecule has 6 nitrogen and oxygen atoms in total. The molecule has 1 aliphatic heterocycles. The number of amides is 2. The molecular formula is C23H28N2O4. The highest BCUT2D eigenvalue weighted by molar-refractivity contribution is 5.94. The van der Waals surface area contributed by atoms with Crippen LogP contribution in [0.3, 0.4) is 0 Å². The summed E-state index contributed by atoms with van der Waals surface area (Å²) in [6.07, 6.45) is 1.74. The van der Waals surface area contributed by atoms with Crippen molar-refractivity contribution < 1.29 is 19.4 Å². The van der Waals surface area contributed by atoms with Crippen molar-refractivity contribution in [2.75, 3.05) is 26.8 Å². The maximum absolute atomic E-state index is 12.7. The molecule has 29 heavy (non-hydrogen) atoms. The van der Waals surface area contributed by atoms with Crippen LogP contribution in [0.1, 0.15) is 28.8 Å². The molecule has 1 heterocycles. The fourth-order valence-electron chi connectivity index (χ4n) is 3.65. The number of nitrogens with zero attached hydrogens (tertiary/aromatic N) is 1. The number of carbonyl (C=O) groups is 2. The Kier molecular flexibility index (Phi) is 7.25. The van der Waals surface area contributed by atoms with Crippen molar-refractivity contribution >= 4 is 11.8 Å². The van der Waals surface area contributed by atoms with Gasteiger partial charge >= 0.3 is 0 Å². The number of ether oxygens (including phenoxy) is 1. The number of aliphatic hydroxyl groups excluding tert-OH is 1. The van der Waals surface area contributed by atoms with E-state index in [1.807, 2.05) is 42.5 Å². The lowest BCUT2D eigenvalue weighted by atomic mass is 9.91. The molecule has 1 aliphatic rings. The highest BCUT2D eigenvalue weighted by Crippen LogP contribution is 2.20. The van der Waals surface area contributed by atoms with Gasteiger partial charge in [-0.1, -0.05) is 30.3 Å². The van der Waals surface area contributed by atoms with Crippen LogP contribution in [0.4, 0.5) is 0 Å². The summed E-state index contributed by atoms with van der Waals surface area (Å²) in [4.78, 5) is 27.0. The van der Waals surface area contributed by atoms with E-state index >= 15 is 0 Å². The van der Waals surface area contributed by atoms with Gasteiger partial charge in [0, 0.05) is 37.6 Å². The molecular weight excluding hydrogens is 368 g/mol. The number of piperidine rings is 1. The SMILES string of the molecule is COc1ccc(CCC(=O)N2CC[C@H](CO)[C@H](NC(=O)c3ccccc3)C2)cc1. The van der Waals surface area contributed by atoms with Crippen molar-refractivity contribution in [1.29, 1.82) is 0 Å². The zero-order valence-corrected chi connectivity index (χ0v) is 16.7. The van der Waals surface area contributed by atoms with Gasteiger partial charge < -0.3 is 20.1 Å². The number of aryl methyl sites for hydroxylation is 1. The van der Waals surface area contributed by atoms with E-state index in [-0.39, 0.29) is 30.4 Å². The summed E-state index contributed by atoms with van der Waals surface area (Å²) in [5.41, 5.74) is 1.66. The number of carbonyl (C=O) groups excluding carboxylic acids is 2. The molecule has 0 spiro atoms. The molecule has 0 aromatic heterocycles. The van der Waals surface area contributed by atoms with E-state index in [0.717, 1.165) is 11.3 Å². The maximum Gasteiger partial charge on any atom is 0.251 e. The average Bonchev–Trinajstić information content (AvgIpc) is 2.78. The molecule has 6 heteroatoms. The summed E-state index contributed by atoms with van der Waals surface area (Å²) >= 11 is 0. The molecule has 0 radical (unpaired) electrons. The second-order valence-corrected chi connectivity index (χ2v) is 7.37. The lowest BCUT2D eigenvalue weighted by Gasteiger charge is -2.38. The van der Waals surface area contributed by atoms with Crippen LogP contribution in [0.25, 0.3) is 0 Å². The Morgan fingerprint density at radius 2 is 1.86 bits per heavy atom. The topological polar surface area (TPSA) is 78.9 Å². The van der Waals surface area contributed by atoms with Crippen LogP contribution < -0.4 is 10.1 Å². The quantitative estimate of drug-likeness (QED) is 0.753. The van der Waals surface area contributed by atoms with Gasteiger partial charge in [-0.05, 0) is 42.7 Å². The van der Waals surface area contributed by atoms with E-state index in [4.69, 9.17) is 4.74 Å². The van der Waals surface area contributed by atoms with E-state index in [1.54, 1.807) is 24.1 Å². The van der Waals surface area contributed by atoms with Gasteiger partial charge in [0.15, 0.2) is 0 Å². The number of likely N-dealkylation sites (tertiary alicyclic amines) is 1. The number of hydrogen-bond acceptors (Lipinski definition) is 4. The number of rotatable bonds is 7. The monoisotopic (exact) mass is 396 g/mol. The minimum absolute atomic E-state index is 0.00633. The summed E-state index contributed by atoms with van der Waals surface area (Å²) in [6, 6.07) is 16.4. The molecule has 0 saturated carbocycles. The predicted molar refractivity (Wildman–Crippen MR) is 111 cm³/mol. The Bertz CT molecular complexity index is 807. The Morgan fingerprint density at radius 3 is 2.52 bits per heavy atom. The van der Waals surface area contributed by atoms with Crippen molar-refractivity contribution in [2.45, 2.75) is 25.3 Å². The summed E-state index contributed by atoms with van der Waals surface area (Å²) in [7, 11) is 1.63. The van der Waals surface area contributed by atoms with Crippen LogP contribution in [0.2, 0.25) is 0 Å². The number of methoxy groups -OCH3 is 1. The average molecular weight is 396 g/mol. The fraction of sp³-hybridized carbons (Fsp3) is 0.391. The summed E-state index contributed by atoms with van der Waals surface area (Å²) in [5.74, 6) is 0.634. The highest BCUT2D eigenvalue weighted by atomic mass is 16.5. The summed E-state index contributed by atoms with van der Waals surface area (Å²) in [5, 5.41) is 12.7. The number of hydrogen-bond donors (Lipinski definition) is 2. The Balaban J connectivity index is 1.56. The Morgan fingerprint density at radius 1 is 1.14 bits per heavy atom. The minimum Gasteiger partial charge on any atom is -0.497 e. The smallest absolute Gasteiger partial charge is 0.251 e. The van der Waals surface area contributed by atoms with Gasteiger partial charge in [-0.3, -0.25) is 9.59 Å². The van der Waals surface area contributed by atoms with Gasteiger partial charge in [0.1, 0.15) is 5.75 Å². The fourth-order valence-corrected chi connectivity index (χ4v) is 3.65. The van der Waals surface area contributed by atoms with Crippen LogP contribution in [-0.2, 0) is 11.2 Å². The molecule has 1 saturated heterocycles.